The van der Waals surface area contributed by atoms with E-state index >= 15 is 0 Å². The molecule has 0 atom stereocenters. The normalized spacial score (nSPS) is 12.2. The number of rotatable bonds is 5. The highest BCUT2D eigenvalue weighted by atomic mass is 79.9. The summed E-state index contributed by atoms with van der Waals surface area (Å²) in [5.74, 6) is -2.11. The van der Waals surface area contributed by atoms with Crippen molar-refractivity contribution in [3.05, 3.63) is 92.5 Å². The van der Waals surface area contributed by atoms with Gasteiger partial charge in [0.15, 0.2) is 0 Å². The second kappa shape index (κ2) is 11.8. The SMILES string of the molecule is CN(C(=O)c1cc(C#N)cc(C#N)c1)c1cccc(C(=O)Nc2c(Br)cc(C(F)(C(F)(F)F)C(F)(F)F)cc2C(F)(F)F)c1. The van der Waals surface area contributed by atoms with Crippen molar-refractivity contribution in [1.29, 1.82) is 10.5 Å². The maximum Gasteiger partial charge on any atom is 0.435 e. The third-order valence-corrected chi connectivity index (χ3v) is 6.68. The number of anilines is 2. The van der Waals surface area contributed by atoms with Gasteiger partial charge in [0.1, 0.15) is 0 Å². The van der Waals surface area contributed by atoms with Crippen LogP contribution in [0.5, 0.6) is 0 Å². The van der Waals surface area contributed by atoms with Crippen LogP contribution in [0, 0.1) is 22.7 Å². The molecule has 3 rings (SSSR count). The van der Waals surface area contributed by atoms with E-state index in [1.54, 1.807) is 17.5 Å². The minimum Gasteiger partial charge on any atom is -0.320 e. The molecule has 0 heterocycles. The minimum atomic E-state index is -6.70. The molecule has 44 heavy (non-hydrogen) atoms. The van der Waals surface area contributed by atoms with Crippen LogP contribution in [0.25, 0.3) is 0 Å². The Morgan fingerprint density at radius 1 is 0.795 bits per heavy atom. The summed E-state index contributed by atoms with van der Waals surface area (Å²) in [7, 11) is 1.23. The molecule has 0 fully saturated rings. The van der Waals surface area contributed by atoms with Gasteiger partial charge in [0.2, 0.25) is 0 Å². The first kappa shape index (κ1) is 33.9. The average Bonchev–Trinajstić information content (AvgIpc) is 2.94. The monoisotopic (exact) mass is 694 g/mol. The molecule has 0 spiro atoms. The fourth-order valence-electron chi connectivity index (χ4n) is 3.88. The van der Waals surface area contributed by atoms with Crippen LogP contribution in [-0.2, 0) is 11.8 Å². The van der Waals surface area contributed by atoms with Crippen molar-refractivity contribution in [2.24, 2.45) is 0 Å². The van der Waals surface area contributed by atoms with Crippen LogP contribution >= 0.6 is 15.9 Å². The number of amides is 2. The third kappa shape index (κ3) is 6.47. The van der Waals surface area contributed by atoms with Gasteiger partial charge in [0.25, 0.3) is 11.8 Å². The molecule has 0 aromatic heterocycles. The van der Waals surface area contributed by atoms with E-state index in [0.717, 1.165) is 17.0 Å². The van der Waals surface area contributed by atoms with Gasteiger partial charge >= 0.3 is 24.2 Å². The number of hydrogen-bond acceptors (Lipinski definition) is 4. The zero-order chi connectivity index (χ0) is 33.4. The van der Waals surface area contributed by atoms with Gasteiger partial charge in [0.05, 0.1) is 34.5 Å². The fraction of sp³-hybridized carbons (Fsp3) is 0.185. The summed E-state index contributed by atoms with van der Waals surface area (Å²) in [4.78, 5) is 26.9. The summed E-state index contributed by atoms with van der Waals surface area (Å²) in [5.41, 5.74) is -12.7. The molecule has 3 aromatic carbocycles. The van der Waals surface area contributed by atoms with Gasteiger partial charge in [-0.05, 0) is 64.5 Å². The van der Waals surface area contributed by atoms with Crippen molar-refractivity contribution in [2.45, 2.75) is 24.2 Å². The maximum absolute atomic E-state index is 14.5. The van der Waals surface area contributed by atoms with Gasteiger partial charge in [-0.1, -0.05) is 6.07 Å². The first-order chi connectivity index (χ1) is 20.1. The van der Waals surface area contributed by atoms with Crippen molar-refractivity contribution < 1.29 is 53.5 Å². The van der Waals surface area contributed by atoms with E-state index in [1.165, 1.54) is 37.4 Å². The Balaban J connectivity index is 2.03. The number of alkyl halides is 10. The fourth-order valence-corrected chi connectivity index (χ4v) is 4.44. The van der Waals surface area contributed by atoms with E-state index in [0.29, 0.717) is 0 Å². The molecule has 0 bridgehead atoms. The van der Waals surface area contributed by atoms with Crippen LogP contribution in [0.2, 0.25) is 0 Å². The molecule has 0 saturated heterocycles. The molecular formula is C27H13BrF10N4O2. The van der Waals surface area contributed by atoms with E-state index in [4.69, 9.17) is 10.5 Å². The van der Waals surface area contributed by atoms with Crippen LogP contribution < -0.4 is 10.2 Å². The standard InChI is InChI=1S/C27H13BrF10N4O2/c1-42(23(44)16-6-13(11-39)5-14(7-16)12-40)18-4-2-3-15(8-18)22(43)41-21-19(25(30,31)32)9-17(10-20(21)28)24(29,26(33,34)35)27(36,37)38/h2-10H,1H3,(H,41,43). The van der Waals surface area contributed by atoms with E-state index < -0.39 is 68.9 Å². The summed E-state index contributed by atoms with van der Waals surface area (Å²) in [6.07, 6.45) is -19.1. The number of nitrogens with zero attached hydrogens (tertiary/aromatic N) is 3. The highest BCUT2D eigenvalue weighted by Gasteiger charge is 2.73. The van der Waals surface area contributed by atoms with Crippen molar-refractivity contribution in [3.8, 4) is 12.1 Å². The van der Waals surface area contributed by atoms with Gasteiger partial charge in [-0.15, -0.1) is 0 Å². The van der Waals surface area contributed by atoms with Gasteiger partial charge in [0, 0.05) is 33.9 Å². The predicted octanol–water partition coefficient (Wildman–Crippen LogP) is 8.03. The molecule has 230 valence electrons. The Kier molecular flexibility index (Phi) is 9.08. The minimum absolute atomic E-state index is 0.0125. The molecule has 3 aromatic rings. The molecule has 0 radical (unpaired) electrons. The predicted molar refractivity (Wildman–Crippen MR) is 137 cm³/mol. The number of halogens is 11. The molecule has 0 saturated carbocycles. The van der Waals surface area contributed by atoms with Crippen molar-refractivity contribution in [1.82, 2.24) is 0 Å². The number of hydrogen-bond donors (Lipinski definition) is 1. The summed E-state index contributed by atoms with van der Waals surface area (Å²) in [6.45, 7) is 0. The largest absolute Gasteiger partial charge is 0.435 e. The maximum atomic E-state index is 14.5. The first-order valence-corrected chi connectivity index (χ1v) is 12.3. The molecule has 17 heteroatoms. The highest BCUT2D eigenvalue weighted by molar-refractivity contribution is 9.10. The van der Waals surface area contributed by atoms with Gasteiger partial charge < -0.3 is 10.2 Å². The van der Waals surface area contributed by atoms with E-state index in [-0.39, 0.29) is 28.4 Å². The topological polar surface area (TPSA) is 97.0 Å². The lowest BCUT2D eigenvalue weighted by atomic mass is 9.92. The van der Waals surface area contributed by atoms with Crippen LogP contribution in [-0.4, -0.2) is 31.2 Å². The van der Waals surface area contributed by atoms with E-state index in [1.807, 2.05) is 0 Å². The van der Waals surface area contributed by atoms with Crippen LogP contribution in [0.3, 0.4) is 0 Å². The second-order valence-corrected chi connectivity index (χ2v) is 9.78. The molecule has 6 nitrogen and oxygen atoms in total. The molecule has 0 unspecified atom stereocenters. The number of carbonyl (C=O) groups is 2. The lowest BCUT2D eigenvalue weighted by Crippen LogP contribution is -2.50. The molecule has 0 aliphatic heterocycles. The van der Waals surface area contributed by atoms with Gasteiger partial charge in [-0.25, -0.2) is 4.39 Å². The van der Waals surface area contributed by atoms with Crippen molar-refractivity contribution >= 4 is 39.1 Å². The smallest absolute Gasteiger partial charge is 0.320 e. The van der Waals surface area contributed by atoms with Gasteiger partial charge in [-0.2, -0.15) is 50.0 Å². The van der Waals surface area contributed by atoms with Crippen molar-refractivity contribution in [3.63, 3.8) is 0 Å². The Hall–Kier alpha value is -4.64. The summed E-state index contributed by atoms with van der Waals surface area (Å²) < 4.78 is 134. The number of benzene rings is 3. The molecule has 0 aliphatic rings. The van der Waals surface area contributed by atoms with E-state index in [2.05, 4.69) is 15.9 Å². The molecular weight excluding hydrogens is 682 g/mol. The zero-order valence-corrected chi connectivity index (χ0v) is 23.1. The summed E-state index contributed by atoms with van der Waals surface area (Å²) >= 11 is 2.41. The number of nitriles is 2. The number of carbonyl (C=O) groups excluding carboxylic acids is 2. The van der Waals surface area contributed by atoms with Gasteiger partial charge in [-0.3, -0.25) is 9.59 Å². The molecule has 1 N–H and O–H groups in total. The van der Waals surface area contributed by atoms with Crippen LogP contribution in [0.4, 0.5) is 55.3 Å². The number of nitrogens with one attached hydrogen (secondary N) is 1. The molecule has 2 amide bonds. The Labute approximate surface area is 249 Å². The summed E-state index contributed by atoms with van der Waals surface area (Å²) in [5, 5.41) is 20.0. The molecule has 0 aliphatic carbocycles. The zero-order valence-electron chi connectivity index (χ0n) is 21.5. The lowest BCUT2D eigenvalue weighted by Gasteiger charge is -2.31. The second-order valence-electron chi connectivity index (χ2n) is 8.92. The Bertz CT molecular complexity index is 1670. The van der Waals surface area contributed by atoms with Crippen molar-refractivity contribution in [2.75, 3.05) is 17.3 Å². The van der Waals surface area contributed by atoms with Crippen LogP contribution in [0.1, 0.15) is 43.0 Å². The highest BCUT2D eigenvalue weighted by Crippen LogP contribution is 2.55. The average molecular weight is 695 g/mol. The third-order valence-electron chi connectivity index (χ3n) is 6.05. The Morgan fingerprint density at radius 2 is 1.34 bits per heavy atom. The van der Waals surface area contributed by atoms with E-state index in [9.17, 15) is 53.5 Å². The summed E-state index contributed by atoms with van der Waals surface area (Å²) in [6, 6.07) is 10.8. The first-order valence-electron chi connectivity index (χ1n) is 11.5. The lowest BCUT2D eigenvalue weighted by molar-refractivity contribution is -0.348. The quantitative estimate of drug-likeness (QED) is 0.274. The Morgan fingerprint density at radius 3 is 1.82 bits per heavy atom. The van der Waals surface area contributed by atoms with Crippen LogP contribution in [0.15, 0.2) is 59.1 Å².